The van der Waals surface area contributed by atoms with E-state index in [1.807, 2.05) is 6.07 Å². The van der Waals surface area contributed by atoms with E-state index in [2.05, 4.69) is 59.5 Å². The number of piperidine rings is 1. The van der Waals surface area contributed by atoms with Crippen LogP contribution < -0.4 is 10.6 Å². The van der Waals surface area contributed by atoms with Crippen molar-refractivity contribution in [3.63, 3.8) is 0 Å². The van der Waals surface area contributed by atoms with Gasteiger partial charge in [-0.3, -0.25) is 4.90 Å². The number of H-pyrrole nitrogens is 1. The maximum atomic E-state index is 12.1. The average Bonchev–Trinajstić information content (AvgIpc) is 2.96. The fourth-order valence-electron chi connectivity index (χ4n) is 3.86. The lowest BCUT2D eigenvalue weighted by Gasteiger charge is -2.34. The summed E-state index contributed by atoms with van der Waals surface area (Å²) in [5.74, 6) is 0.836. The Kier molecular flexibility index (Phi) is 6.20. The molecule has 1 aromatic heterocycles. The summed E-state index contributed by atoms with van der Waals surface area (Å²) < 4.78 is 0. The topological polar surface area (TPSA) is 60.2 Å². The summed E-state index contributed by atoms with van der Waals surface area (Å²) in [6.45, 7) is 10.2. The van der Waals surface area contributed by atoms with Gasteiger partial charge < -0.3 is 15.6 Å². The summed E-state index contributed by atoms with van der Waals surface area (Å²) in [6.07, 6.45) is 3.36. The highest BCUT2D eigenvalue weighted by Gasteiger charge is 2.20. The van der Waals surface area contributed by atoms with Crippen LogP contribution in [0.1, 0.15) is 37.9 Å². The van der Waals surface area contributed by atoms with E-state index < -0.39 is 0 Å². The van der Waals surface area contributed by atoms with Crippen LogP contribution in [0.25, 0.3) is 10.9 Å². The molecule has 0 bridgehead atoms. The van der Waals surface area contributed by atoms with E-state index in [1.54, 1.807) is 0 Å². The molecule has 142 valence electrons. The van der Waals surface area contributed by atoms with Crippen molar-refractivity contribution in [1.82, 2.24) is 20.5 Å². The Morgan fingerprint density at radius 2 is 2.00 bits per heavy atom. The zero-order chi connectivity index (χ0) is 18.5. The van der Waals surface area contributed by atoms with Gasteiger partial charge in [0.05, 0.1) is 0 Å². The number of aromatic nitrogens is 1. The molecule has 26 heavy (non-hydrogen) atoms. The molecule has 0 radical (unpaired) electrons. The Morgan fingerprint density at radius 3 is 2.77 bits per heavy atom. The van der Waals surface area contributed by atoms with Crippen molar-refractivity contribution in [3.8, 4) is 0 Å². The van der Waals surface area contributed by atoms with Gasteiger partial charge in [0.1, 0.15) is 0 Å². The number of hydrogen-bond acceptors (Lipinski definition) is 2. The molecule has 0 saturated carbocycles. The molecule has 5 nitrogen and oxygen atoms in total. The second-order valence-electron chi connectivity index (χ2n) is 7.73. The normalized spacial score (nSPS) is 17.3. The minimum atomic E-state index is -0.0697. The maximum Gasteiger partial charge on any atom is 0.314 e. The van der Waals surface area contributed by atoms with Crippen molar-refractivity contribution in [1.29, 1.82) is 0 Å². The van der Waals surface area contributed by atoms with Crippen LogP contribution in [0.5, 0.6) is 0 Å². The number of aryl methyl sites for hydroxylation is 1. The number of benzene rings is 1. The number of carbonyl (C=O) groups excluding carboxylic acids is 1. The molecule has 2 heterocycles. The molecule has 5 heteroatoms. The molecule has 3 rings (SSSR count). The van der Waals surface area contributed by atoms with Gasteiger partial charge in [0.2, 0.25) is 0 Å². The molecule has 1 unspecified atom stereocenters. The third-order valence-electron chi connectivity index (χ3n) is 5.69. The molecule has 1 aliphatic heterocycles. The zero-order valence-electron chi connectivity index (χ0n) is 16.3. The minimum absolute atomic E-state index is 0.0697. The second kappa shape index (κ2) is 8.58. The predicted octanol–water partition coefficient (Wildman–Crippen LogP) is 3.44. The standard InChI is InChI=1S/C21H32N4O/c1-15-9-12-25(13-10-15)16(2)14-23-21(26)22-11-8-18-17(3)24-20-7-5-4-6-19(18)20/h4-7,15-16,24H,8-14H2,1-3H3,(H2,22,23,26). The number of likely N-dealkylation sites (tertiary alicyclic amines) is 1. The fraction of sp³-hybridized carbons (Fsp3) is 0.571. The Balaban J connectivity index is 1.41. The van der Waals surface area contributed by atoms with Gasteiger partial charge >= 0.3 is 6.03 Å². The van der Waals surface area contributed by atoms with Crippen molar-refractivity contribution in [2.24, 2.45) is 5.92 Å². The molecular formula is C21H32N4O. The first-order chi connectivity index (χ1) is 12.5. The Morgan fingerprint density at radius 1 is 1.27 bits per heavy atom. The third-order valence-corrected chi connectivity index (χ3v) is 5.69. The second-order valence-corrected chi connectivity index (χ2v) is 7.73. The zero-order valence-corrected chi connectivity index (χ0v) is 16.3. The van der Waals surface area contributed by atoms with Crippen molar-refractivity contribution in [3.05, 3.63) is 35.5 Å². The van der Waals surface area contributed by atoms with E-state index in [1.165, 1.54) is 29.5 Å². The number of carbonyl (C=O) groups is 1. The average molecular weight is 357 g/mol. The highest BCUT2D eigenvalue weighted by Crippen LogP contribution is 2.22. The largest absolute Gasteiger partial charge is 0.358 e. The minimum Gasteiger partial charge on any atom is -0.358 e. The molecule has 1 atom stereocenters. The summed E-state index contributed by atoms with van der Waals surface area (Å²) in [4.78, 5) is 18.0. The molecule has 2 aromatic rings. The Bertz CT molecular complexity index is 731. The molecule has 3 N–H and O–H groups in total. The van der Waals surface area contributed by atoms with Gasteiger partial charge in [-0.05, 0) is 63.7 Å². The van der Waals surface area contributed by atoms with E-state index in [9.17, 15) is 4.79 Å². The van der Waals surface area contributed by atoms with E-state index >= 15 is 0 Å². The third kappa shape index (κ3) is 4.58. The van der Waals surface area contributed by atoms with Gasteiger partial charge in [-0.1, -0.05) is 25.1 Å². The molecule has 1 fully saturated rings. The molecule has 1 aromatic carbocycles. The van der Waals surface area contributed by atoms with Gasteiger partial charge in [-0.2, -0.15) is 0 Å². The van der Waals surface area contributed by atoms with Crippen molar-refractivity contribution in [2.75, 3.05) is 26.2 Å². The van der Waals surface area contributed by atoms with Crippen LogP contribution in [0, 0.1) is 12.8 Å². The highest BCUT2D eigenvalue weighted by atomic mass is 16.2. The van der Waals surface area contributed by atoms with Crippen LogP contribution in [-0.4, -0.2) is 48.1 Å². The van der Waals surface area contributed by atoms with E-state index in [0.717, 1.165) is 30.9 Å². The number of rotatable bonds is 6. The van der Waals surface area contributed by atoms with Crippen LogP contribution in [-0.2, 0) is 6.42 Å². The van der Waals surface area contributed by atoms with Gasteiger partial charge in [0.25, 0.3) is 0 Å². The molecular weight excluding hydrogens is 324 g/mol. The quantitative estimate of drug-likeness (QED) is 0.742. The monoisotopic (exact) mass is 356 g/mol. The van der Waals surface area contributed by atoms with E-state index in [4.69, 9.17) is 0 Å². The van der Waals surface area contributed by atoms with Gasteiger partial charge in [0, 0.05) is 35.7 Å². The van der Waals surface area contributed by atoms with E-state index in [0.29, 0.717) is 19.1 Å². The molecule has 2 amide bonds. The number of amides is 2. The lowest BCUT2D eigenvalue weighted by molar-refractivity contribution is 0.145. The number of nitrogens with one attached hydrogen (secondary N) is 3. The summed E-state index contributed by atoms with van der Waals surface area (Å²) in [7, 11) is 0. The predicted molar refractivity (Wildman–Crippen MR) is 108 cm³/mol. The van der Waals surface area contributed by atoms with Gasteiger partial charge in [-0.15, -0.1) is 0 Å². The lowest BCUT2D eigenvalue weighted by Crippen LogP contribution is -2.47. The Labute approximate surface area is 156 Å². The van der Waals surface area contributed by atoms with Crippen LogP contribution in [0.4, 0.5) is 4.79 Å². The number of urea groups is 1. The number of fused-ring (bicyclic) bond motifs is 1. The first kappa shape index (κ1) is 18.8. The SMILES string of the molecule is Cc1[nH]c2ccccc2c1CCNC(=O)NCC(C)N1CCC(C)CC1. The maximum absolute atomic E-state index is 12.1. The smallest absolute Gasteiger partial charge is 0.314 e. The first-order valence-corrected chi connectivity index (χ1v) is 9.86. The molecule has 0 aliphatic carbocycles. The van der Waals surface area contributed by atoms with Crippen LogP contribution in [0.3, 0.4) is 0 Å². The van der Waals surface area contributed by atoms with E-state index in [-0.39, 0.29) is 6.03 Å². The van der Waals surface area contributed by atoms with Crippen molar-refractivity contribution >= 4 is 16.9 Å². The summed E-state index contributed by atoms with van der Waals surface area (Å²) in [6, 6.07) is 8.65. The molecule has 1 saturated heterocycles. The van der Waals surface area contributed by atoms with Crippen LogP contribution in [0.15, 0.2) is 24.3 Å². The number of para-hydroxylation sites is 1. The Hall–Kier alpha value is -2.01. The van der Waals surface area contributed by atoms with Gasteiger partial charge in [0.15, 0.2) is 0 Å². The van der Waals surface area contributed by atoms with Crippen molar-refractivity contribution in [2.45, 2.75) is 46.1 Å². The summed E-state index contributed by atoms with van der Waals surface area (Å²) >= 11 is 0. The number of aromatic amines is 1. The lowest BCUT2D eigenvalue weighted by atomic mass is 9.98. The number of hydrogen-bond donors (Lipinski definition) is 3. The highest BCUT2D eigenvalue weighted by molar-refractivity contribution is 5.84. The summed E-state index contributed by atoms with van der Waals surface area (Å²) in [5.41, 5.74) is 3.63. The summed E-state index contributed by atoms with van der Waals surface area (Å²) in [5, 5.41) is 7.27. The molecule has 1 aliphatic rings. The number of nitrogens with zero attached hydrogens (tertiary/aromatic N) is 1. The van der Waals surface area contributed by atoms with Crippen LogP contribution >= 0.6 is 0 Å². The van der Waals surface area contributed by atoms with Crippen molar-refractivity contribution < 1.29 is 4.79 Å². The van der Waals surface area contributed by atoms with Crippen LogP contribution in [0.2, 0.25) is 0 Å². The molecule has 0 spiro atoms. The van der Waals surface area contributed by atoms with Gasteiger partial charge in [-0.25, -0.2) is 4.79 Å². The first-order valence-electron chi connectivity index (χ1n) is 9.86. The fourth-order valence-corrected chi connectivity index (χ4v) is 3.86.